The number of aliphatic carboxylic acids is 1. The molecule has 6 nitrogen and oxygen atoms in total. The molecule has 0 bridgehead atoms. The Morgan fingerprint density at radius 3 is 2.00 bits per heavy atom. The number of methoxy groups -OCH3 is 2. The van der Waals surface area contributed by atoms with Gasteiger partial charge in [0, 0.05) is 5.56 Å². The average molecular weight is 343 g/mol. The standard InChI is InChI=1S/C19H21NO5/c1-11-9-14(10-12(2)17(11)25-4)18(21)20-16(19(22)23)13-5-7-15(24-3)8-6-13/h5-10,16H,1-4H3,(H,20,21)(H,22,23). The number of benzene rings is 2. The number of hydrogen-bond acceptors (Lipinski definition) is 4. The average Bonchev–Trinajstić information content (AvgIpc) is 2.59. The summed E-state index contributed by atoms with van der Waals surface area (Å²) in [6.07, 6.45) is 0. The van der Waals surface area contributed by atoms with Gasteiger partial charge in [-0.2, -0.15) is 0 Å². The van der Waals surface area contributed by atoms with Gasteiger partial charge >= 0.3 is 5.97 Å². The molecule has 0 fully saturated rings. The van der Waals surface area contributed by atoms with E-state index in [0.29, 0.717) is 22.6 Å². The summed E-state index contributed by atoms with van der Waals surface area (Å²) >= 11 is 0. The maximum absolute atomic E-state index is 12.5. The fourth-order valence-corrected chi connectivity index (χ4v) is 2.70. The first-order valence-corrected chi connectivity index (χ1v) is 7.70. The second-order valence-corrected chi connectivity index (χ2v) is 5.66. The molecule has 0 aliphatic carbocycles. The van der Waals surface area contributed by atoms with Crippen molar-refractivity contribution in [3.8, 4) is 11.5 Å². The van der Waals surface area contributed by atoms with Crippen LogP contribution in [0.1, 0.15) is 33.1 Å². The van der Waals surface area contributed by atoms with Gasteiger partial charge in [-0.15, -0.1) is 0 Å². The van der Waals surface area contributed by atoms with Crippen molar-refractivity contribution in [2.75, 3.05) is 14.2 Å². The third-order valence-corrected chi connectivity index (χ3v) is 3.90. The highest BCUT2D eigenvalue weighted by Gasteiger charge is 2.23. The van der Waals surface area contributed by atoms with Gasteiger partial charge in [0.2, 0.25) is 0 Å². The summed E-state index contributed by atoms with van der Waals surface area (Å²) in [4.78, 5) is 24.1. The summed E-state index contributed by atoms with van der Waals surface area (Å²) in [5.41, 5.74) is 2.46. The highest BCUT2D eigenvalue weighted by atomic mass is 16.5. The number of carbonyl (C=O) groups is 2. The number of aryl methyl sites for hydroxylation is 2. The van der Waals surface area contributed by atoms with Crippen LogP contribution in [0, 0.1) is 13.8 Å². The molecule has 0 aliphatic rings. The number of carboxylic acids is 1. The van der Waals surface area contributed by atoms with Crippen LogP contribution < -0.4 is 14.8 Å². The van der Waals surface area contributed by atoms with E-state index in [4.69, 9.17) is 9.47 Å². The normalized spacial score (nSPS) is 11.5. The minimum atomic E-state index is -1.15. The SMILES string of the molecule is COc1ccc(C(NC(=O)c2cc(C)c(OC)c(C)c2)C(=O)O)cc1. The highest BCUT2D eigenvalue weighted by molar-refractivity contribution is 5.97. The fourth-order valence-electron chi connectivity index (χ4n) is 2.70. The van der Waals surface area contributed by atoms with Crippen molar-refractivity contribution >= 4 is 11.9 Å². The number of ether oxygens (including phenoxy) is 2. The molecule has 0 aromatic heterocycles. The number of hydrogen-bond donors (Lipinski definition) is 2. The van der Waals surface area contributed by atoms with Crippen LogP contribution in [0.5, 0.6) is 11.5 Å². The molecule has 0 saturated heterocycles. The van der Waals surface area contributed by atoms with Crippen LogP contribution in [0.4, 0.5) is 0 Å². The van der Waals surface area contributed by atoms with Crippen LogP contribution in [0.25, 0.3) is 0 Å². The number of carbonyl (C=O) groups excluding carboxylic acids is 1. The lowest BCUT2D eigenvalue weighted by Gasteiger charge is -2.17. The molecule has 2 aromatic rings. The summed E-state index contributed by atoms with van der Waals surface area (Å²) in [5.74, 6) is -0.278. The maximum Gasteiger partial charge on any atom is 0.330 e. The van der Waals surface area contributed by atoms with Crippen LogP contribution in [0.3, 0.4) is 0 Å². The van der Waals surface area contributed by atoms with E-state index in [1.165, 1.54) is 7.11 Å². The molecule has 132 valence electrons. The van der Waals surface area contributed by atoms with Crippen molar-refractivity contribution < 1.29 is 24.2 Å². The Bertz CT molecular complexity index is 760. The molecule has 1 unspecified atom stereocenters. The van der Waals surface area contributed by atoms with Crippen molar-refractivity contribution in [2.45, 2.75) is 19.9 Å². The van der Waals surface area contributed by atoms with E-state index >= 15 is 0 Å². The van der Waals surface area contributed by atoms with Gasteiger partial charge in [-0.05, 0) is 54.8 Å². The van der Waals surface area contributed by atoms with Crippen molar-refractivity contribution in [1.82, 2.24) is 5.32 Å². The van der Waals surface area contributed by atoms with Crippen molar-refractivity contribution in [3.05, 3.63) is 58.7 Å². The first-order valence-electron chi connectivity index (χ1n) is 7.70. The zero-order chi connectivity index (χ0) is 18.6. The maximum atomic E-state index is 12.5. The smallest absolute Gasteiger partial charge is 0.330 e. The van der Waals surface area contributed by atoms with Crippen molar-refractivity contribution in [2.24, 2.45) is 0 Å². The third kappa shape index (κ3) is 4.09. The first kappa shape index (κ1) is 18.3. The van der Waals surface area contributed by atoms with E-state index in [1.54, 1.807) is 43.5 Å². The van der Waals surface area contributed by atoms with Gasteiger partial charge in [0.1, 0.15) is 11.5 Å². The molecular weight excluding hydrogens is 322 g/mol. The molecule has 0 radical (unpaired) electrons. The number of carboxylic acid groups (broad SMARTS) is 1. The Labute approximate surface area is 146 Å². The van der Waals surface area contributed by atoms with Crippen LogP contribution in [-0.4, -0.2) is 31.2 Å². The van der Waals surface area contributed by atoms with Crippen LogP contribution >= 0.6 is 0 Å². The molecule has 0 heterocycles. The molecule has 25 heavy (non-hydrogen) atoms. The quantitative estimate of drug-likeness (QED) is 0.842. The molecule has 2 aromatic carbocycles. The predicted octanol–water partition coefficient (Wildman–Crippen LogP) is 2.88. The number of rotatable bonds is 6. The Morgan fingerprint density at radius 1 is 1.00 bits per heavy atom. The lowest BCUT2D eigenvalue weighted by atomic mass is 10.0. The van der Waals surface area contributed by atoms with Gasteiger partial charge in [-0.3, -0.25) is 4.79 Å². The van der Waals surface area contributed by atoms with Gasteiger partial charge in [0.05, 0.1) is 14.2 Å². The van der Waals surface area contributed by atoms with Crippen molar-refractivity contribution in [1.29, 1.82) is 0 Å². The Balaban J connectivity index is 2.27. The van der Waals surface area contributed by atoms with Crippen LogP contribution in [0.2, 0.25) is 0 Å². The molecule has 1 amide bonds. The zero-order valence-electron chi connectivity index (χ0n) is 14.6. The summed E-state index contributed by atoms with van der Waals surface area (Å²) in [5, 5.41) is 12.0. The minimum absolute atomic E-state index is 0.385. The molecule has 1 atom stereocenters. The molecule has 2 rings (SSSR count). The van der Waals surface area contributed by atoms with E-state index in [0.717, 1.165) is 11.1 Å². The molecular formula is C19H21NO5. The van der Waals surface area contributed by atoms with Gasteiger partial charge in [-0.1, -0.05) is 12.1 Å². The Kier molecular flexibility index (Phi) is 5.64. The number of nitrogens with one attached hydrogen (secondary N) is 1. The van der Waals surface area contributed by atoms with Gasteiger partial charge in [0.15, 0.2) is 6.04 Å². The zero-order valence-corrected chi connectivity index (χ0v) is 14.6. The lowest BCUT2D eigenvalue weighted by molar-refractivity contribution is -0.139. The first-order chi connectivity index (χ1) is 11.9. The Hall–Kier alpha value is -3.02. The topological polar surface area (TPSA) is 84.9 Å². The van der Waals surface area contributed by atoms with E-state index in [9.17, 15) is 14.7 Å². The summed E-state index contributed by atoms with van der Waals surface area (Å²) in [7, 11) is 3.10. The fraction of sp³-hybridized carbons (Fsp3) is 0.263. The predicted molar refractivity (Wildman–Crippen MR) is 93.3 cm³/mol. The largest absolute Gasteiger partial charge is 0.497 e. The second-order valence-electron chi connectivity index (χ2n) is 5.66. The van der Waals surface area contributed by atoms with E-state index in [-0.39, 0.29) is 0 Å². The van der Waals surface area contributed by atoms with Gasteiger partial charge in [-0.25, -0.2) is 4.79 Å². The molecule has 0 aliphatic heterocycles. The van der Waals surface area contributed by atoms with E-state index in [2.05, 4.69) is 5.32 Å². The summed E-state index contributed by atoms with van der Waals surface area (Å²) in [6, 6.07) is 8.73. The second kappa shape index (κ2) is 7.70. The van der Waals surface area contributed by atoms with Gasteiger partial charge < -0.3 is 19.9 Å². The van der Waals surface area contributed by atoms with E-state index in [1.807, 2.05) is 13.8 Å². The van der Waals surface area contributed by atoms with E-state index < -0.39 is 17.9 Å². The highest BCUT2D eigenvalue weighted by Crippen LogP contribution is 2.25. The summed E-state index contributed by atoms with van der Waals surface area (Å²) in [6.45, 7) is 3.67. The Morgan fingerprint density at radius 2 is 1.56 bits per heavy atom. The molecule has 6 heteroatoms. The van der Waals surface area contributed by atoms with Crippen LogP contribution in [0.15, 0.2) is 36.4 Å². The third-order valence-electron chi connectivity index (χ3n) is 3.90. The molecule has 0 spiro atoms. The minimum Gasteiger partial charge on any atom is -0.497 e. The summed E-state index contributed by atoms with van der Waals surface area (Å²) < 4.78 is 10.3. The monoisotopic (exact) mass is 343 g/mol. The molecule has 2 N–H and O–H groups in total. The van der Waals surface area contributed by atoms with Crippen molar-refractivity contribution in [3.63, 3.8) is 0 Å². The lowest BCUT2D eigenvalue weighted by Crippen LogP contribution is -2.33. The van der Waals surface area contributed by atoms with Gasteiger partial charge in [0.25, 0.3) is 5.91 Å². The van der Waals surface area contributed by atoms with Crippen LogP contribution in [-0.2, 0) is 4.79 Å². The number of amides is 1. The molecule has 0 saturated carbocycles.